The van der Waals surface area contributed by atoms with Crippen LogP contribution in [0.4, 0.5) is 0 Å². The third-order valence-corrected chi connectivity index (χ3v) is 4.20. The maximum atomic E-state index is 12.3. The molecule has 1 N–H and O–H groups in total. The molecular formula is C21H18NO4-. The molecule has 132 valence electrons. The fraction of sp³-hybridized carbons (Fsp3) is 0.143. The Morgan fingerprint density at radius 2 is 1.62 bits per heavy atom. The van der Waals surface area contributed by atoms with Gasteiger partial charge >= 0.3 is 0 Å². The van der Waals surface area contributed by atoms with Gasteiger partial charge in [-0.3, -0.25) is 4.79 Å². The van der Waals surface area contributed by atoms with E-state index in [2.05, 4.69) is 5.32 Å². The molecule has 5 heteroatoms. The van der Waals surface area contributed by atoms with Crippen LogP contribution >= 0.6 is 0 Å². The van der Waals surface area contributed by atoms with Crippen molar-refractivity contribution in [3.8, 4) is 0 Å². The SMILES string of the molecule is O=C([O-])c1ccccc1C(=O)NCC[C@H](c1ccccc1)c1ccco1. The highest BCUT2D eigenvalue weighted by molar-refractivity contribution is 6.04. The van der Waals surface area contributed by atoms with Gasteiger partial charge in [-0.1, -0.05) is 48.5 Å². The number of benzene rings is 2. The standard InChI is InChI=1S/C21H19NO4/c23-20(17-9-4-5-10-18(17)21(24)25)22-13-12-16(19-11-6-14-26-19)15-7-2-1-3-8-15/h1-11,14,16H,12-13H2,(H,22,23)(H,24,25)/p-1/t16-/m1/s1. The van der Waals surface area contributed by atoms with Crippen LogP contribution < -0.4 is 10.4 Å². The van der Waals surface area contributed by atoms with Crippen LogP contribution in [0.25, 0.3) is 0 Å². The maximum Gasteiger partial charge on any atom is 0.251 e. The molecule has 1 amide bonds. The lowest BCUT2D eigenvalue weighted by Gasteiger charge is -2.16. The van der Waals surface area contributed by atoms with E-state index in [1.165, 1.54) is 12.1 Å². The van der Waals surface area contributed by atoms with E-state index < -0.39 is 11.9 Å². The Balaban J connectivity index is 1.69. The van der Waals surface area contributed by atoms with Gasteiger partial charge in [0.25, 0.3) is 5.91 Å². The Hall–Kier alpha value is -3.34. The van der Waals surface area contributed by atoms with Crippen LogP contribution in [-0.2, 0) is 0 Å². The van der Waals surface area contributed by atoms with Gasteiger partial charge in [-0.2, -0.15) is 0 Å². The molecule has 1 atom stereocenters. The van der Waals surface area contributed by atoms with E-state index in [0.717, 1.165) is 11.3 Å². The molecule has 0 unspecified atom stereocenters. The van der Waals surface area contributed by atoms with Crippen LogP contribution in [0.3, 0.4) is 0 Å². The molecule has 0 aliphatic carbocycles. The summed E-state index contributed by atoms with van der Waals surface area (Å²) >= 11 is 0. The number of carboxylic acid groups (broad SMARTS) is 1. The lowest BCUT2D eigenvalue weighted by atomic mass is 9.93. The molecule has 1 heterocycles. The second-order valence-electron chi connectivity index (χ2n) is 5.86. The summed E-state index contributed by atoms with van der Waals surface area (Å²) < 4.78 is 5.54. The van der Waals surface area contributed by atoms with Crippen molar-refractivity contribution >= 4 is 11.9 Å². The first-order valence-corrected chi connectivity index (χ1v) is 8.33. The predicted octanol–water partition coefficient (Wildman–Crippen LogP) is 2.60. The number of hydrogen-bond donors (Lipinski definition) is 1. The minimum absolute atomic E-state index is 0.00267. The number of furan rings is 1. The van der Waals surface area contributed by atoms with Crippen LogP contribution in [0.5, 0.6) is 0 Å². The quantitative estimate of drug-likeness (QED) is 0.711. The van der Waals surface area contributed by atoms with Gasteiger partial charge in [-0.25, -0.2) is 0 Å². The van der Waals surface area contributed by atoms with Crippen molar-refractivity contribution in [3.63, 3.8) is 0 Å². The van der Waals surface area contributed by atoms with E-state index in [1.807, 2.05) is 42.5 Å². The smallest absolute Gasteiger partial charge is 0.251 e. The summed E-state index contributed by atoms with van der Waals surface area (Å²) in [6, 6.07) is 19.6. The van der Waals surface area contributed by atoms with E-state index in [-0.39, 0.29) is 17.0 Å². The van der Waals surface area contributed by atoms with E-state index in [1.54, 1.807) is 18.4 Å². The molecule has 0 bridgehead atoms. The Morgan fingerprint density at radius 3 is 2.27 bits per heavy atom. The number of amides is 1. The van der Waals surface area contributed by atoms with Crippen LogP contribution in [0, 0.1) is 0 Å². The van der Waals surface area contributed by atoms with E-state index in [9.17, 15) is 14.7 Å². The van der Waals surface area contributed by atoms with Crippen LogP contribution in [0.2, 0.25) is 0 Å². The van der Waals surface area contributed by atoms with Gasteiger partial charge < -0.3 is 19.6 Å². The fourth-order valence-corrected chi connectivity index (χ4v) is 2.93. The van der Waals surface area contributed by atoms with Gasteiger partial charge in [0, 0.05) is 23.6 Å². The predicted molar refractivity (Wildman–Crippen MR) is 94.7 cm³/mol. The van der Waals surface area contributed by atoms with Crippen molar-refractivity contribution in [1.29, 1.82) is 0 Å². The molecule has 3 aromatic rings. The first-order valence-electron chi connectivity index (χ1n) is 8.33. The molecule has 0 spiro atoms. The minimum Gasteiger partial charge on any atom is -0.545 e. The van der Waals surface area contributed by atoms with Crippen molar-refractivity contribution in [2.24, 2.45) is 0 Å². The highest BCUT2D eigenvalue weighted by atomic mass is 16.4. The molecule has 0 aliphatic rings. The first-order chi connectivity index (χ1) is 12.7. The molecular weight excluding hydrogens is 330 g/mol. The monoisotopic (exact) mass is 348 g/mol. The molecule has 5 nitrogen and oxygen atoms in total. The van der Waals surface area contributed by atoms with Crippen molar-refractivity contribution in [2.45, 2.75) is 12.3 Å². The molecule has 0 saturated carbocycles. The largest absolute Gasteiger partial charge is 0.545 e. The van der Waals surface area contributed by atoms with Crippen LogP contribution in [-0.4, -0.2) is 18.4 Å². The second kappa shape index (κ2) is 8.16. The lowest BCUT2D eigenvalue weighted by Crippen LogP contribution is -2.30. The second-order valence-corrected chi connectivity index (χ2v) is 5.86. The Kier molecular flexibility index (Phi) is 5.49. The molecule has 0 saturated heterocycles. The van der Waals surface area contributed by atoms with Crippen molar-refractivity contribution in [2.75, 3.05) is 6.54 Å². The van der Waals surface area contributed by atoms with Crippen LogP contribution in [0.1, 0.15) is 44.4 Å². The summed E-state index contributed by atoms with van der Waals surface area (Å²) in [4.78, 5) is 23.5. The molecule has 0 fully saturated rings. The van der Waals surface area contributed by atoms with Gasteiger partial charge in [-0.05, 0) is 30.2 Å². The summed E-state index contributed by atoms with van der Waals surface area (Å²) in [5, 5.41) is 13.9. The zero-order valence-corrected chi connectivity index (χ0v) is 14.1. The maximum absolute atomic E-state index is 12.3. The molecule has 26 heavy (non-hydrogen) atoms. The third kappa shape index (κ3) is 4.00. The minimum atomic E-state index is -1.37. The topological polar surface area (TPSA) is 82.4 Å². The number of aromatic carboxylic acids is 1. The van der Waals surface area contributed by atoms with Crippen molar-refractivity contribution < 1.29 is 19.1 Å². The Morgan fingerprint density at radius 1 is 0.923 bits per heavy atom. The Bertz CT molecular complexity index is 872. The van der Waals surface area contributed by atoms with Crippen LogP contribution in [0.15, 0.2) is 77.4 Å². The zero-order chi connectivity index (χ0) is 18.4. The molecule has 2 aromatic carbocycles. The number of carboxylic acids is 1. The average molecular weight is 348 g/mol. The summed E-state index contributed by atoms with van der Waals surface area (Å²) in [5.74, 6) is -0.979. The van der Waals surface area contributed by atoms with Crippen molar-refractivity contribution in [3.05, 3.63) is 95.4 Å². The normalized spacial score (nSPS) is 11.7. The van der Waals surface area contributed by atoms with Gasteiger partial charge in [0.2, 0.25) is 0 Å². The van der Waals surface area contributed by atoms with E-state index in [4.69, 9.17) is 4.42 Å². The Labute approximate surface area is 151 Å². The van der Waals surface area contributed by atoms with E-state index >= 15 is 0 Å². The van der Waals surface area contributed by atoms with Gasteiger partial charge in [0.15, 0.2) is 0 Å². The third-order valence-electron chi connectivity index (χ3n) is 4.20. The van der Waals surface area contributed by atoms with Gasteiger partial charge in [0.05, 0.1) is 12.2 Å². The van der Waals surface area contributed by atoms with E-state index in [0.29, 0.717) is 13.0 Å². The number of rotatable bonds is 7. The highest BCUT2D eigenvalue weighted by Gasteiger charge is 2.18. The number of hydrogen-bond acceptors (Lipinski definition) is 4. The fourth-order valence-electron chi connectivity index (χ4n) is 2.93. The lowest BCUT2D eigenvalue weighted by molar-refractivity contribution is -0.255. The number of nitrogens with one attached hydrogen (secondary N) is 1. The van der Waals surface area contributed by atoms with Crippen molar-refractivity contribution in [1.82, 2.24) is 5.32 Å². The first kappa shape index (κ1) is 17.5. The summed E-state index contributed by atoms with van der Waals surface area (Å²) in [6.45, 7) is 0.375. The number of carbonyl (C=O) groups is 2. The molecule has 0 radical (unpaired) electrons. The highest BCUT2D eigenvalue weighted by Crippen LogP contribution is 2.27. The molecule has 0 aliphatic heterocycles. The summed E-state index contributed by atoms with van der Waals surface area (Å²) in [7, 11) is 0. The number of carbonyl (C=O) groups excluding carboxylic acids is 2. The summed E-state index contributed by atoms with van der Waals surface area (Å²) in [5.41, 5.74) is 1.07. The molecule has 1 aromatic heterocycles. The molecule has 3 rings (SSSR count). The van der Waals surface area contributed by atoms with Gasteiger partial charge in [0.1, 0.15) is 5.76 Å². The van der Waals surface area contributed by atoms with Gasteiger partial charge in [-0.15, -0.1) is 0 Å². The zero-order valence-electron chi connectivity index (χ0n) is 14.1. The average Bonchev–Trinajstić information content (AvgIpc) is 3.20. The summed E-state index contributed by atoms with van der Waals surface area (Å²) in [6.07, 6.45) is 2.25.